The summed E-state index contributed by atoms with van der Waals surface area (Å²) in [4.78, 5) is 46.7. The van der Waals surface area contributed by atoms with Crippen LogP contribution in [0, 0.1) is 0 Å². The molecular weight excluding hydrogens is 388 g/mol. The first-order valence-corrected chi connectivity index (χ1v) is 9.13. The van der Waals surface area contributed by atoms with Crippen molar-refractivity contribution in [2.75, 3.05) is 7.11 Å². The standard InChI is InChI=1S/C13H22N4O9S/c1-6(15-9(18)5-4-8(14)11(20)21)10(19)16-13(26-3)7(2)17(12(13)22)27(23,24)25/h6-8H,4-5,14H2,1-3H3,(H,15,18)(H,16,19)(H,20,21)(H,23,24,25)/t6-,7-,8-,13-/m1/s1. The summed E-state index contributed by atoms with van der Waals surface area (Å²) in [5.74, 6) is -3.97. The lowest BCUT2D eigenvalue weighted by atomic mass is 9.94. The molecule has 0 aromatic rings. The molecule has 1 aliphatic heterocycles. The zero-order chi connectivity index (χ0) is 21.2. The second-order valence-corrected chi connectivity index (χ2v) is 7.25. The van der Waals surface area contributed by atoms with Crippen LogP contribution in [0.1, 0.15) is 26.7 Å². The number of carbonyl (C=O) groups is 4. The summed E-state index contributed by atoms with van der Waals surface area (Å²) in [6, 6.07) is -3.60. The summed E-state index contributed by atoms with van der Waals surface area (Å²) >= 11 is 0. The molecule has 0 saturated carbocycles. The zero-order valence-electron chi connectivity index (χ0n) is 14.8. The maximum absolute atomic E-state index is 12.2. The largest absolute Gasteiger partial charge is 0.480 e. The van der Waals surface area contributed by atoms with Gasteiger partial charge in [0.25, 0.3) is 5.91 Å². The first kappa shape index (κ1) is 22.8. The Bertz CT molecular complexity index is 740. The van der Waals surface area contributed by atoms with Gasteiger partial charge in [-0.15, -0.1) is 0 Å². The maximum Gasteiger partial charge on any atom is 0.362 e. The lowest BCUT2D eigenvalue weighted by Gasteiger charge is -2.50. The van der Waals surface area contributed by atoms with E-state index in [0.29, 0.717) is 0 Å². The van der Waals surface area contributed by atoms with Gasteiger partial charge in [-0.25, -0.2) is 4.31 Å². The number of β-lactam (4-membered cyclic amide) rings is 1. The second-order valence-electron chi connectivity index (χ2n) is 5.96. The average Bonchev–Trinajstić information content (AvgIpc) is 2.55. The van der Waals surface area contributed by atoms with Gasteiger partial charge in [0.2, 0.25) is 17.5 Å². The number of nitrogens with two attached hydrogens (primary N) is 1. The number of rotatable bonds is 9. The molecular formula is C13H22N4O9S. The highest BCUT2D eigenvalue weighted by atomic mass is 32.2. The Hall–Kier alpha value is -2.29. The number of aliphatic carboxylic acids is 1. The van der Waals surface area contributed by atoms with Crippen molar-refractivity contribution in [1.82, 2.24) is 14.9 Å². The molecule has 1 aliphatic rings. The first-order valence-electron chi connectivity index (χ1n) is 7.74. The van der Waals surface area contributed by atoms with Gasteiger partial charge in [0.1, 0.15) is 18.1 Å². The SMILES string of the molecule is CO[C@@]1(NC(=O)[C@@H](C)NC(=O)CC[C@@H](N)C(=O)O)C(=O)N(S(=O)(=O)O)[C@@H]1C. The van der Waals surface area contributed by atoms with Crippen LogP contribution in [0.15, 0.2) is 0 Å². The fraction of sp³-hybridized carbons (Fsp3) is 0.692. The molecule has 1 rings (SSSR count). The lowest BCUT2D eigenvalue weighted by Crippen LogP contribution is -2.81. The highest BCUT2D eigenvalue weighted by molar-refractivity contribution is 7.84. The Balaban J connectivity index is 2.70. The van der Waals surface area contributed by atoms with Crippen LogP contribution >= 0.6 is 0 Å². The first-order chi connectivity index (χ1) is 12.3. The van der Waals surface area contributed by atoms with Crippen LogP contribution < -0.4 is 16.4 Å². The lowest BCUT2D eigenvalue weighted by molar-refractivity contribution is -0.193. The molecule has 6 N–H and O–H groups in total. The molecule has 1 heterocycles. The van der Waals surface area contributed by atoms with Crippen molar-refractivity contribution in [3.8, 4) is 0 Å². The van der Waals surface area contributed by atoms with Gasteiger partial charge >= 0.3 is 16.3 Å². The summed E-state index contributed by atoms with van der Waals surface area (Å²) in [5.41, 5.74) is 3.26. The number of hydrogen-bond donors (Lipinski definition) is 5. The molecule has 0 radical (unpaired) electrons. The topological polar surface area (TPSA) is 205 Å². The van der Waals surface area contributed by atoms with Crippen molar-refractivity contribution in [3.63, 3.8) is 0 Å². The normalized spacial score (nSPS) is 24.6. The monoisotopic (exact) mass is 410 g/mol. The van der Waals surface area contributed by atoms with Crippen molar-refractivity contribution in [2.45, 2.75) is 50.5 Å². The van der Waals surface area contributed by atoms with E-state index in [-0.39, 0.29) is 17.1 Å². The molecule has 0 aliphatic carbocycles. The molecule has 14 heteroatoms. The van der Waals surface area contributed by atoms with Crippen LogP contribution in [0.25, 0.3) is 0 Å². The highest BCUT2D eigenvalue weighted by Gasteiger charge is 2.65. The Morgan fingerprint density at radius 1 is 1.41 bits per heavy atom. The number of amides is 3. The molecule has 0 aromatic heterocycles. The smallest absolute Gasteiger partial charge is 0.362 e. The zero-order valence-corrected chi connectivity index (χ0v) is 15.6. The fourth-order valence-electron chi connectivity index (χ4n) is 2.47. The number of nitrogens with one attached hydrogen (secondary N) is 2. The number of hydrogen-bond acceptors (Lipinski definition) is 8. The summed E-state index contributed by atoms with van der Waals surface area (Å²) < 4.78 is 36.4. The van der Waals surface area contributed by atoms with E-state index in [1.54, 1.807) is 0 Å². The van der Waals surface area contributed by atoms with E-state index in [4.69, 9.17) is 20.1 Å². The maximum atomic E-state index is 12.2. The minimum atomic E-state index is -4.82. The van der Waals surface area contributed by atoms with E-state index < -0.39 is 57.8 Å². The highest BCUT2D eigenvalue weighted by Crippen LogP contribution is 2.33. The Kier molecular flexibility index (Phi) is 6.88. The van der Waals surface area contributed by atoms with E-state index in [1.165, 1.54) is 13.8 Å². The van der Waals surface area contributed by atoms with Gasteiger partial charge in [-0.05, 0) is 20.3 Å². The van der Waals surface area contributed by atoms with Crippen molar-refractivity contribution in [1.29, 1.82) is 0 Å². The van der Waals surface area contributed by atoms with Crippen LogP contribution in [0.4, 0.5) is 0 Å². The van der Waals surface area contributed by atoms with Crippen LogP contribution in [0.3, 0.4) is 0 Å². The molecule has 0 spiro atoms. The molecule has 27 heavy (non-hydrogen) atoms. The van der Waals surface area contributed by atoms with Crippen LogP contribution in [-0.4, -0.2) is 77.0 Å². The molecule has 1 fully saturated rings. The van der Waals surface area contributed by atoms with Crippen LogP contribution in [0.2, 0.25) is 0 Å². The number of carbonyl (C=O) groups excluding carboxylic acids is 3. The van der Waals surface area contributed by atoms with Gasteiger partial charge < -0.3 is 26.2 Å². The van der Waals surface area contributed by atoms with Crippen LogP contribution in [-0.2, 0) is 34.2 Å². The number of ether oxygens (including phenoxy) is 1. The van der Waals surface area contributed by atoms with Crippen LogP contribution in [0.5, 0.6) is 0 Å². The fourth-order valence-corrected chi connectivity index (χ4v) is 3.36. The predicted octanol–water partition coefficient (Wildman–Crippen LogP) is -2.82. The number of carboxylic acids is 1. The third kappa shape index (κ3) is 4.71. The molecule has 0 aromatic carbocycles. The molecule has 13 nitrogen and oxygen atoms in total. The van der Waals surface area contributed by atoms with Gasteiger partial charge in [0.05, 0.1) is 0 Å². The molecule has 4 atom stereocenters. The molecule has 0 unspecified atom stereocenters. The summed E-state index contributed by atoms with van der Waals surface area (Å²) in [7, 11) is -3.76. The third-order valence-electron chi connectivity index (χ3n) is 4.11. The molecule has 3 amide bonds. The average molecular weight is 410 g/mol. The summed E-state index contributed by atoms with van der Waals surface area (Å²) in [6.07, 6.45) is -0.386. The van der Waals surface area contributed by atoms with E-state index >= 15 is 0 Å². The molecule has 154 valence electrons. The van der Waals surface area contributed by atoms with Crippen molar-refractivity contribution in [2.24, 2.45) is 5.73 Å². The Labute approximate surface area is 155 Å². The van der Waals surface area contributed by atoms with Crippen molar-refractivity contribution >= 4 is 34.0 Å². The number of nitrogens with zero attached hydrogens (tertiary/aromatic N) is 1. The second kappa shape index (κ2) is 8.16. The summed E-state index contributed by atoms with van der Waals surface area (Å²) in [5, 5.41) is 13.2. The number of carboxylic acid groups (broad SMARTS) is 1. The number of methoxy groups -OCH3 is 1. The molecule has 0 bridgehead atoms. The predicted molar refractivity (Wildman–Crippen MR) is 88.2 cm³/mol. The minimum Gasteiger partial charge on any atom is -0.480 e. The summed E-state index contributed by atoms with van der Waals surface area (Å²) in [6.45, 7) is 2.53. The third-order valence-corrected chi connectivity index (χ3v) is 5.09. The molecule has 1 saturated heterocycles. The van der Waals surface area contributed by atoms with Gasteiger partial charge in [0, 0.05) is 13.5 Å². The Morgan fingerprint density at radius 3 is 2.37 bits per heavy atom. The van der Waals surface area contributed by atoms with Gasteiger partial charge in [-0.2, -0.15) is 8.42 Å². The van der Waals surface area contributed by atoms with E-state index in [9.17, 15) is 27.6 Å². The van der Waals surface area contributed by atoms with Gasteiger partial charge in [-0.3, -0.25) is 23.7 Å². The van der Waals surface area contributed by atoms with E-state index in [0.717, 1.165) is 7.11 Å². The van der Waals surface area contributed by atoms with Gasteiger partial charge in [0.15, 0.2) is 0 Å². The van der Waals surface area contributed by atoms with Crippen molar-refractivity contribution < 1.29 is 42.0 Å². The van der Waals surface area contributed by atoms with E-state index in [2.05, 4.69) is 10.6 Å². The van der Waals surface area contributed by atoms with Crippen molar-refractivity contribution in [3.05, 3.63) is 0 Å². The Morgan fingerprint density at radius 2 is 1.96 bits per heavy atom. The quantitative estimate of drug-likeness (QED) is 0.150. The van der Waals surface area contributed by atoms with Gasteiger partial charge in [-0.1, -0.05) is 0 Å². The van der Waals surface area contributed by atoms with E-state index in [1.807, 2.05) is 0 Å². The minimum absolute atomic E-state index is 0.143.